The fourth-order valence-electron chi connectivity index (χ4n) is 3.81. The second-order valence-electron chi connectivity index (χ2n) is 5.16. The average molecular weight is 176 g/mol. The van der Waals surface area contributed by atoms with E-state index in [0.717, 1.165) is 18.8 Å². The maximum Gasteiger partial charge on any atom is 0.143 e. The van der Waals surface area contributed by atoms with Crippen molar-refractivity contribution in [3.63, 3.8) is 0 Å². The highest BCUT2D eigenvalue weighted by molar-refractivity contribution is 5.88. The molecule has 4 saturated carbocycles. The van der Waals surface area contributed by atoms with Crippen molar-refractivity contribution < 1.29 is 4.79 Å². The van der Waals surface area contributed by atoms with Crippen LogP contribution in [-0.4, -0.2) is 5.78 Å². The summed E-state index contributed by atoms with van der Waals surface area (Å²) in [5.41, 5.74) is 1.27. The Hall–Kier alpha value is -0.590. The number of carbonyl (C=O) groups excluding carboxylic acids is 1. The van der Waals surface area contributed by atoms with Crippen LogP contribution in [0, 0.1) is 29.6 Å². The van der Waals surface area contributed by atoms with E-state index in [9.17, 15) is 4.79 Å². The summed E-state index contributed by atoms with van der Waals surface area (Å²) in [6.07, 6.45) is 3.55. The summed E-state index contributed by atoms with van der Waals surface area (Å²) in [4.78, 5) is 11.9. The van der Waals surface area contributed by atoms with Crippen LogP contribution in [0.15, 0.2) is 12.2 Å². The molecule has 1 nitrogen and oxygen atoms in total. The molecular weight excluding hydrogens is 160 g/mol. The lowest BCUT2D eigenvalue weighted by Gasteiger charge is -2.53. The molecule has 4 aliphatic carbocycles. The van der Waals surface area contributed by atoms with E-state index in [0.29, 0.717) is 23.5 Å². The van der Waals surface area contributed by atoms with Gasteiger partial charge < -0.3 is 0 Å². The number of Topliss-reactive ketones (excluding diaryl/α,β-unsaturated/α-hetero) is 1. The van der Waals surface area contributed by atoms with E-state index in [2.05, 4.69) is 13.5 Å². The molecule has 1 heteroatoms. The third kappa shape index (κ3) is 0.806. The summed E-state index contributed by atoms with van der Waals surface area (Å²) in [7, 11) is 0. The number of carbonyl (C=O) groups is 1. The summed E-state index contributed by atoms with van der Waals surface area (Å²) in [5.74, 6) is 3.36. The zero-order valence-electron chi connectivity index (χ0n) is 8.12. The normalized spacial score (nSPS) is 53.2. The van der Waals surface area contributed by atoms with Gasteiger partial charge in [-0.2, -0.15) is 0 Å². The highest BCUT2D eigenvalue weighted by Gasteiger charge is 2.53. The van der Waals surface area contributed by atoms with Gasteiger partial charge in [-0.3, -0.25) is 4.79 Å². The third-order valence-corrected chi connectivity index (χ3v) is 4.72. The van der Waals surface area contributed by atoms with Crippen LogP contribution < -0.4 is 0 Å². The fraction of sp³-hybridized carbons (Fsp3) is 0.750. The zero-order valence-corrected chi connectivity index (χ0v) is 8.12. The largest absolute Gasteiger partial charge is 0.299 e. The zero-order chi connectivity index (χ0) is 9.16. The molecule has 0 aromatic heterocycles. The molecule has 13 heavy (non-hydrogen) atoms. The van der Waals surface area contributed by atoms with Crippen LogP contribution in [0.1, 0.15) is 26.2 Å². The van der Waals surface area contributed by atoms with Crippen LogP contribution >= 0.6 is 0 Å². The van der Waals surface area contributed by atoms with Crippen molar-refractivity contribution in [2.45, 2.75) is 26.2 Å². The predicted molar refractivity (Wildman–Crippen MR) is 51.1 cm³/mol. The number of hydrogen-bond donors (Lipinski definition) is 0. The molecule has 0 radical (unpaired) electrons. The number of allylic oxidation sites excluding steroid dienone is 1. The Morgan fingerprint density at radius 3 is 2.85 bits per heavy atom. The van der Waals surface area contributed by atoms with Gasteiger partial charge >= 0.3 is 0 Å². The van der Waals surface area contributed by atoms with Crippen molar-refractivity contribution in [3.8, 4) is 0 Å². The SMILES string of the molecule is C=C1C2CC3CC1C(=O)C(C2)C3C. The first-order valence-electron chi connectivity index (χ1n) is 5.41. The molecular formula is C12H16O. The van der Waals surface area contributed by atoms with E-state index >= 15 is 0 Å². The molecule has 0 aliphatic heterocycles. The number of rotatable bonds is 0. The minimum absolute atomic E-state index is 0.263. The molecule has 0 heterocycles. The minimum Gasteiger partial charge on any atom is -0.299 e. The van der Waals surface area contributed by atoms with Crippen LogP contribution in [0.4, 0.5) is 0 Å². The van der Waals surface area contributed by atoms with Gasteiger partial charge in [0.1, 0.15) is 5.78 Å². The molecule has 4 aliphatic rings. The van der Waals surface area contributed by atoms with Gasteiger partial charge in [-0.05, 0) is 37.0 Å². The lowest BCUT2D eigenvalue weighted by molar-refractivity contribution is -0.139. The summed E-state index contributed by atoms with van der Waals surface area (Å²) < 4.78 is 0. The highest BCUT2D eigenvalue weighted by atomic mass is 16.1. The smallest absolute Gasteiger partial charge is 0.143 e. The van der Waals surface area contributed by atoms with Crippen molar-refractivity contribution in [1.82, 2.24) is 0 Å². The van der Waals surface area contributed by atoms with E-state index < -0.39 is 0 Å². The van der Waals surface area contributed by atoms with Crippen LogP contribution in [-0.2, 0) is 4.79 Å². The Morgan fingerprint density at radius 2 is 2.08 bits per heavy atom. The van der Waals surface area contributed by atoms with Crippen molar-refractivity contribution in [1.29, 1.82) is 0 Å². The van der Waals surface area contributed by atoms with Crippen molar-refractivity contribution in [3.05, 3.63) is 12.2 Å². The van der Waals surface area contributed by atoms with Gasteiger partial charge in [0.25, 0.3) is 0 Å². The topological polar surface area (TPSA) is 17.1 Å². The van der Waals surface area contributed by atoms with E-state index in [1.165, 1.54) is 12.0 Å². The lowest BCUT2D eigenvalue weighted by atomic mass is 9.50. The molecule has 4 fully saturated rings. The van der Waals surface area contributed by atoms with Crippen molar-refractivity contribution in [2.75, 3.05) is 0 Å². The molecule has 4 rings (SSSR count). The van der Waals surface area contributed by atoms with Crippen molar-refractivity contribution >= 4 is 5.78 Å². The molecule has 5 atom stereocenters. The molecule has 4 bridgehead atoms. The molecule has 5 unspecified atom stereocenters. The van der Waals surface area contributed by atoms with Gasteiger partial charge in [-0.15, -0.1) is 0 Å². The van der Waals surface area contributed by atoms with Gasteiger partial charge in [-0.1, -0.05) is 19.1 Å². The summed E-state index contributed by atoms with van der Waals surface area (Å²) in [5, 5.41) is 0. The maximum atomic E-state index is 11.9. The molecule has 70 valence electrons. The first-order valence-corrected chi connectivity index (χ1v) is 5.41. The van der Waals surface area contributed by atoms with Crippen LogP contribution in [0.25, 0.3) is 0 Å². The van der Waals surface area contributed by atoms with Crippen LogP contribution in [0.2, 0.25) is 0 Å². The van der Waals surface area contributed by atoms with E-state index in [4.69, 9.17) is 0 Å². The van der Waals surface area contributed by atoms with Gasteiger partial charge in [0.15, 0.2) is 0 Å². The quantitative estimate of drug-likeness (QED) is 0.518. The highest BCUT2D eigenvalue weighted by Crippen LogP contribution is 2.56. The van der Waals surface area contributed by atoms with Gasteiger partial charge in [0.05, 0.1) is 0 Å². The summed E-state index contributed by atoms with van der Waals surface area (Å²) in [6, 6.07) is 0. The minimum atomic E-state index is 0.263. The molecule has 0 saturated heterocycles. The second-order valence-corrected chi connectivity index (χ2v) is 5.16. The van der Waals surface area contributed by atoms with E-state index in [1.54, 1.807) is 0 Å². The maximum absolute atomic E-state index is 11.9. The molecule has 0 amide bonds. The summed E-state index contributed by atoms with van der Waals surface area (Å²) >= 11 is 0. The standard InChI is InChI=1S/C12H16O/c1-6-8-3-9-5-10(6)12(13)11(4-8)7(9)2/h7-11H,1,3-5H2,2H3. The van der Waals surface area contributed by atoms with E-state index in [1.807, 2.05) is 0 Å². The fourth-order valence-corrected chi connectivity index (χ4v) is 3.81. The first kappa shape index (κ1) is 7.78. The Bertz CT molecular complexity index is 291. The monoisotopic (exact) mass is 176 g/mol. The molecule has 0 aromatic rings. The van der Waals surface area contributed by atoms with Crippen molar-refractivity contribution in [2.24, 2.45) is 29.6 Å². The van der Waals surface area contributed by atoms with Crippen LogP contribution in [0.3, 0.4) is 0 Å². The predicted octanol–water partition coefficient (Wildman–Crippen LogP) is 2.42. The number of hydrogen-bond acceptors (Lipinski definition) is 1. The van der Waals surface area contributed by atoms with Gasteiger partial charge in [0, 0.05) is 11.8 Å². The third-order valence-electron chi connectivity index (χ3n) is 4.72. The summed E-state index contributed by atoms with van der Waals surface area (Å²) in [6.45, 7) is 6.38. The van der Waals surface area contributed by atoms with Crippen LogP contribution in [0.5, 0.6) is 0 Å². The van der Waals surface area contributed by atoms with Gasteiger partial charge in [0.2, 0.25) is 0 Å². The van der Waals surface area contributed by atoms with E-state index in [-0.39, 0.29) is 5.92 Å². The first-order chi connectivity index (χ1) is 6.18. The average Bonchev–Trinajstić information content (AvgIpc) is 2.10. The number of ketones is 1. The Kier molecular flexibility index (Phi) is 1.35. The Morgan fingerprint density at radius 1 is 1.31 bits per heavy atom. The lowest BCUT2D eigenvalue weighted by Crippen LogP contribution is -2.51. The molecule has 0 N–H and O–H groups in total. The van der Waals surface area contributed by atoms with Gasteiger partial charge in [-0.25, -0.2) is 0 Å². The molecule has 0 aromatic carbocycles. The Balaban J connectivity index is 2.04. The molecule has 0 spiro atoms. The Labute approximate surface area is 79.2 Å². The second kappa shape index (κ2) is 2.26.